The molecule has 0 amide bonds. The topological polar surface area (TPSA) is 32.3 Å². The molecule has 2 nitrogen and oxygen atoms in total. The minimum atomic E-state index is -0.400. The quantitative estimate of drug-likeness (QED) is 0.860. The van der Waals surface area contributed by atoms with E-state index in [9.17, 15) is 5.11 Å². The van der Waals surface area contributed by atoms with E-state index < -0.39 is 6.10 Å². The standard InChI is InChI=1S/C8H12BrNOS/c1-5-3-6(9)8(12-5)7(11)4-10-2/h3,7,10-11H,4H2,1-2H3. The molecule has 0 aliphatic heterocycles. The molecule has 1 aromatic heterocycles. The minimum absolute atomic E-state index is 0.400. The maximum Gasteiger partial charge on any atom is 0.102 e. The van der Waals surface area contributed by atoms with Gasteiger partial charge in [-0.1, -0.05) is 0 Å². The number of thiophene rings is 1. The summed E-state index contributed by atoms with van der Waals surface area (Å²) >= 11 is 5.04. The van der Waals surface area contributed by atoms with E-state index in [1.807, 2.05) is 20.0 Å². The normalized spacial score (nSPS) is 13.3. The number of halogens is 1. The number of rotatable bonds is 3. The molecule has 0 saturated carbocycles. The lowest BCUT2D eigenvalue weighted by Crippen LogP contribution is -2.15. The fourth-order valence-electron chi connectivity index (χ4n) is 1.01. The molecule has 0 aromatic carbocycles. The average molecular weight is 250 g/mol. The van der Waals surface area contributed by atoms with Crippen LogP contribution in [0.5, 0.6) is 0 Å². The molecule has 0 radical (unpaired) electrons. The third-order valence-corrected chi connectivity index (χ3v) is 3.61. The maximum absolute atomic E-state index is 9.63. The number of hydrogen-bond acceptors (Lipinski definition) is 3. The minimum Gasteiger partial charge on any atom is -0.386 e. The van der Waals surface area contributed by atoms with Gasteiger partial charge in [-0.2, -0.15) is 0 Å². The second kappa shape index (κ2) is 4.37. The van der Waals surface area contributed by atoms with Gasteiger partial charge in [0.25, 0.3) is 0 Å². The Hall–Kier alpha value is 0.100. The van der Waals surface area contributed by atoms with Crippen LogP contribution in [0.1, 0.15) is 15.9 Å². The summed E-state index contributed by atoms with van der Waals surface area (Å²) in [5, 5.41) is 12.6. The molecule has 1 atom stereocenters. The number of aliphatic hydroxyl groups excluding tert-OH is 1. The molecule has 68 valence electrons. The highest BCUT2D eigenvalue weighted by Gasteiger charge is 2.12. The Labute approximate surface area is 84.7 Å². The van der Waals surface area contributed by atoms with Gasteiger partial charge >= 0.3 is 0 Å². The van der Waals surface area contributed by atoms with Gasteiger partial charge in [0.15, 0.2) is 0 Å². The summed E-state index contributed by atoms with van der Waals surface area (Å²) in [6.45, 7) is 2.63. The highest BCUT2D eigenvalue weighted by molar-refractivity contribution is 9.10. The van der Waals surface area contributed by atoms with Crippen LogP contribution in [-0.4, -0.2) is 18.7 Å². The van der Waals surface area contributed by atoms with E-state index in [1.54, 1.807) is 11.3 Å². The van der Waals surface area contributed by atoms with Gasteiger partial charge in [0.2, 0.25) is 0 Å². The monoisotopic (exact) mass is 249 g/mol. The molecule has 1 unspecified atom stereocenters. The van der Waals surface area contributed by atoms with Crippen LogP contribution in [0.25, 0.3) is 0 Å². The Kier molecular flexibility index (Phi) is 3.71. The third kappa shape index (κ3) is 2.29. The summed E-state index contributed by atoms with van der Waals surface area (Å²) < 4.78 is 1.01. The molecule has 4 heteroatoms. The predicted molar refractivity (Wildman–Crippen MR) is 55.6 cm³/mol. The second-order valence-electron chi connectivity index (χ2n) is 2.64. The van der Waals surface area contributed by atoms with Crippen molar-refractivity contribution in [2.45, 2.75) is 13.0 Å². The van der Waals surface area contributed by atoms with E-state index in [1.165, 1.54) is 4.88 Å². The van der Waals surface area contributed by atoms with Crippen molar-refractivity contribution in [1.82, 2.24) is 5.32 Å². The summed E-state index contributed by atoms with van der Waals surface area (Å²) in [7, 11) is 1.83. The number of hydrogen-bond donors (Lipinski definition) is 2. The number of aryl methyl sites for hydroxylation is 1. The maximum atomic E-state index is 9.63. The molecule has 0 fully saturated rings. The highest BCUT2D eigenvalue weighted by atomic mass is 79.9. The Bertz CT molecular complexity index is 262. The molecule has 1 rings (SSSR count). The van der Waals surface area contributed by atoms with E-state index in [0.717, 1.165) is 9.35 Å². The van der Waals surface area contributed by atoms with Gasteiger partial charge in [0, 0.05) is 20.8 Å². The Morgan fingerprint density at radius 3 is 2.83 bits per heavy atom. The molecular formula is C8H12BrNOS. The van der Waals surface area contributed by atoms with Gasteiger partial charge in [0.05, 0.1) is 0 Å². The number of nitrogens with one attached hydrogen (secondary N) is 1. The first-order valence-corrected chi connectivity index (χ1v) is 5.34. The zero-order valence-electron chi connectivity index (χ0n) is 7.10. The van der Waals surface area contributed by atoms with Crippen LogP contribution in [0.4, 0.5) is 0 Å². The van der Waals surface area contributed by atoms with Gasteiger partial charge in [0.1, 0.15) is 6.10 Å². The fraction of sp³-hybridized carbons (Fsp3) is 0.500. The van der Waals surface area contributed by atoms with Crippen LogP contribution in [0, 0.1) is 6.92 Å². The summed E-state index contributed by atoms with van der Waals surface area (Å²) in [6, 6.07) is 2.03. The van der Waals surface area contributed by atoms with Gasteiger partial charge in [-0.3, -0.25) is 0 Å². The van der Waals surface area contributed by atoms with E-state index in [4.69, 9.17) is 0 Å². The zero-order chi connectivity index (χ0) is 9.14. The van der Waals surface area contributed by atoms with Gasteiger partial charge in [-0.25, -0.2) is 0 Å². The average Bonchev–Trinajstić information content (AvgIpc) is 2.30. The Balaban J connectivity index is 2.79. The van der Waals surface area contributed by atoms with Crippen molar-refractivity contribution >= 4 is 27.3 Å². The van der Waals surface area contributed by atoms with Crippen molar-refractivity contribution in [3.8, 4) is 0 Å². The SMILES string of the molecule is CNCC(O)c1sc(C)cc1Br. The number of likely N-dealkylation sites (N-methyl/N-ethyl adjacent to an activating group) is 1. The summed E-state index contributed by atoms with van der Waals surface area (Å²) in [5.41, 5.74) is 0. The van der Waals surface area contributed by atoms with Crippen LogP contribution < -0.4 is 5.32 Å². The molecule has 0 saturated heterocycles. The first kappa shape index (κ1) is 10.2. The number of aliphatic hydroxyl groups is 1. The lowest BCUT2D eigenvalue weighted by molar-refractivity contribution is 0.181. The van der Waals surface area contributed by atoms with Crippen molar-refractivity contribution < 1.29 is 5.11 Å². The van der Waals surface area contributed by atoms with E-state index in [2.05, 4.69) is 21.2 Å². The van der Waals surface area contributed by atoms with Crippen molar-refractivity contribution in [2.75, 3.05) is 13.6 Å². The molecular weight excluding hydrogens is 238 g/mol. The first-order valence-electron chi connectivity index (χ1n) is 3.73. The zero-order valence-corrected chi connectivity index (χ0v) is 9.50. The largest absolute Gasteiger partial charge is 0.386 e. The van der Waals surface area contributed by atoms with Crippen molar-refractivity contribution in [3.05, 3.63) is 20.3 Å². The lowest BCUT2D eigenvalue weighted by atomic mass is 10.3. The summed E-state index contributed by atoms with van der Waals surface area (Å²) in [6.07, 6.45) is -0.400. The summed E-state index contributed by atoms with van der Waals surface area (Å²) in [4.78, 5) is 2.22. The van der Waals surface area contributed by atoms with Crippen LogP contribution in [0.15, 0.2) is 10.5 Å². The van der Waals surface area contributed by atoms with Crippen LogP contribution in [-0.2, 0) is 0 Å². The van der Waals surface area contributed by atoms with E-state index in [0.29, 0.717) is 6.54 Å². The lowest BCUT2D eigenvalue weighted by Gasteiger charge is -2.07. The van der Waals surface area contributed by atoms with Crippen molar-refractivity contribution in [3.63, 3.8) is 0 Å². The van der Waals surface area contributed by atoms with E-state index in [-0.39, 0.29) is 0 Å². The van der Waals surface area contributed by atoms with Crippen molar-refractivity contribution in [2.24, 2.45) is 0 Å². The van der Waals surface area contributed by atoms with Crippen LogP contribution >= 0.6 is 27.3 Å². The predicted octanol–water partition coefficient (Wildman–Crippen LogP) is 2.07. The first-order chi connectivity index (χ1) is 5.65. The molecule has 0 aliphatic carbocycles. The molecule has 0 bridgehead atoms. The van der Waals surface area contributed by atoms with Crippen molar-refractivity contribution in [1.29, 1.82) is 0 Å². The van der Waals surface area contributed by atoms with E-state index >= 15 is 0 Å². The molecule has 0 spiro atoms. The van der Waals surface area contributed by atoms with Gasteiger partial charge in [-0.15, -0.1) is 11.3 Å². The second-order valence-corrected chi connectivity index (χ2v) is 4.78. The van der Waals surface area contributed by atoms with Crippen LogP contribution in [0.3, 0.4) is 0 Å². The fourth-order valence-corrected chi connectivity index (χ4v) is 2.92. The molecule has 1 heterocycles. The van der Waals surface area contributed by atoms with Gasteiger partial charge in [-0.05, 0) is 36.0 Å². The third-order valence-electron chi connectivity index (χ3n) is 1.54. The molecule has 2 N–H and O–H groups in total. The smallest absolute Gasteiger partial charge is 0.102 e. The van der Waals surface area contributed by atoms with Crippen LogP contribution in [0.2, 0.25) is 0 Å². The summed E-state index contributed by atoms with van der Waals surface area (Å²) in [5.74, 6) is 0. The highest BCUT2D eigenvalue weighted by Crippen LogP contribution is 2.31. The Morgan fingerprint density at radius 1 is 1.75 bits per heavy atom. The molecule has 12 heavy (non-hydrogen) atoms. The molecule has 0 aliphatic rings. The van der Waals surface area contributed by atoms with Gasteiger partial charge < -0.3 is 10.4 Å². The Morgan fingerprint density at radius 2 is 2.42 bits per heavy atom. The molecule has 1 aromatic rings.